The second-order valence-electron chi connectivity index (χ2n) is 3.11. The van der Waals surface area contributed by atoms with Crippen molar-refractivity contribution in [2.24, 2.45) is 5.73 Å². The van der Waals surface area contributed by atoms with Crippen molar-refractivity contribution in [2.75, 3.05) is 6.54 Å². The minimum atomic E-state index is -0.0647. The first-order chi connectivity index (χ1) is 7.22. The summed E-state index contributed by atoms with van der Waals surface area (Å²) < 4.78 is 1.95. The van der Waals surface area contributed by atoms with Gasteiger partial charge in [0.1, 0.15) is 5.82 Å². The summed E-state index contributed by atoms with van der Waals surface area (Å²) in [5, 5.41) is 17.6. The van der Waals surface area contributed by atoms with Crippen LogP contribution in [0.3, 0.4) is 0 Å². The van der Waals surface area contributed by atoms with Crippen molar-refractivity contribution in [1.82, 2.24) is 14.8 Å². The Morgan fingerprint density at radius 1 is 1.60 bits per heavy atom. The number of rotatable bonds is 5. The molecule has 1 aromatic rings. The first kappa shape index (κ1) is 12.0. The minimum absolute atomic E-state index is 0.0647. The number of nitrogens with zero attached hydrogens (tertiary/aromatic N) is 4. The normalized spacial score (nSPS) is 12.4. The molecule has 0 fully saturated rings. The Labute approximate surface area is 93.7 Å². The van der Waals surface area contributed by atoms with Gasteiger partial charge in [0.05, 0.1) is 11.3 Å². The van der Waals surface area contributed by atoms with Gasteiger partial charge >= 0.3 is 0 Å². The summed E-state index contributed by atoms with van der Waals surface area (Å²) in [6, 6.07) is 2.23. The highest BCUT2D eigenvalue weighted by molar-refractivity contribution is 8.00. The van der Waals surface area contributed by atoms with E-state index in [9.17, 15) is 0 Å². The van der Waals surface area contributed by atoms with Gasteiger partial charge in [-0.2, -0.15) is 5.26 Å². The summed E-state index contributed by atoms with van der Waals surface area (Å²) in [7, 11) is 0. The van der Waals surface area contributed by atoms with Crippen LogP contribution < -0.4 is 5.73 Å². The van der Waals surface area contributed by atoms with E-state index in [1.807, 2.05) is 18.4 Å². The zero-order valence-electron chi connectivity index (χ0n) is 8.97. The fraction of sp³-hybridized carbons (Fsp3) is 0.667. The molecule has 2 N–H and O–H groups in total. The highest BCUT2D eigenvalue weighted by atomic mass is 32.2. The number of aromatic nitrogens is 3. The highest BCUT2D eigenvalue weighted by Crippen LogP contribution is 2.23. The molecule has 0 aliphatic carbocycles. The van der Waals surface area contributed by atoms with Gasteiger partial charge < -0.3 is 10.3 Å². The number of aryl methyl sites for hydroxylation is 1. The lowest BCUT2D eigenvalue weighted by Gasteiger charge is -2.08. The first-order valence-corrected chi connectivity index (χ1v) is 5.77. The molecular formula is C9H15N5S. The molecule has 1 rings (SSSR count). The van der Waals surface area contributed by atoms with Crippen LogP contribution in [0.15, 0.2) is 5.16 Å². The Kier molecular flexibility index (Phi) is 4.59. The molecule has 1 atom stereocenters. The van der Waals surface area contributed by atoms with E-state index in [4.69, 9.17) is 11.0 Å². The van der Waals surface area contributed by atoms with Gasteiger partial charge in [-0.15, -0.1) is 10.2 Å². The van der Waals surface area contributed by atoms with Crippen molar-refractivity contribution in [2.45, 2.75) is 37.2 Å². The number of nitriles is 1. The van der Waals surface area contributed by atoms with E-state index in [2.05, 4.69) is 16.3 Å². The molecule has 0 aliphatic heterocycles. The number of hydrogen-bond donors (Lipinski definition) is 1. The predicted octanol–water partition coefficient (Wildman–Crippen LogP) is 0.940. The minimum Gasteiger partial charge on any atom is -0.329 e. The van der Waals surface area contributed by atoms with Crippen LogP contribution in [0.1, 0.15) is 19.2 Å². The van der Waals surface area contributed by atoms with Crippen LogP contribution in [0.4, 0.5) is 0 Å². The summed E-state index contributed by atoms with van der Waals surface area (Å²) >= 11 is 1.45. The molecule has 0 bridgehead atoms. The Balaban J connectivity index is 2.80. The van der Waals surface area contributed by atoms with Crippen LogP contribution >= 0.6 is 11.8 Å². The zero-order chi connectivity index (χ0) is 11.3. The molecule has 1 heterocycles. The van der Waals surface area contributed by atoms with Gasteiger partial charge in [-0.3, -0.25) is 0 Å². The lowest BCUT2D eigenvalue weighted by atomic mass is 10.4. The standard InChI is InChI=1S/C9H15N5S/c1-3-8(6-11)15-9-13-12-7(2)14(9)5-4-10/h8H,3-5,10H2,1-2H3. The summed E-state index contributed by atoms with van der Waals surface area (Å²) in [5.74, 6) is 0.843. The van der Waals surface area contributed by atoms with Crippen molar-refractivity contribution >= 4 is 11.8 Å². The summed E-state index contributed by atoms with van der Waals surface area (Å²) in [6.45, 7) is 5.12. The fourth-order valence-corrected chi connectivity index (χ4v) is 2.08. The topological polar surface area (TPSA) is 80.5 Å². The van der Waals surface area contributed by atoms with Gasteiger partial charge in [-0.05, 0) is 13.3 Å². The maximum absolute atomic E-state index is 8.86. The average molecular weight is 225 g/mol. The molecule has 1 unspecified atom stereocenters. The van der Waals surface area contributed by atoms with Gasteiger partial charge in [0.15, 0.2) is 5.16 Å². The first-order valence-electron chi connectivity index (χ1n) is 4.89. The van der Waals surface area contributed by atoms with E-state index < -0.39 is 0 Å². The van der Waals surface area contributed by atoms with Crippen molar-refractivity contribution in [1.29, 1.82) is 5.26 Å². The molecule has 0 saturated carbocycles. The van der Waals surface area contributed by atoms with E-state index >= 15 is 0 Å². The van der Waals surface area contributed by atoms with E-state index in [1.54, 1.807) is 0 Å². The molecule has 0 spiro atoms. The largest absolute Gasteiger partial charge is 0.329 e. The average Bonchev–Trinajstić information content (AvgIpc) is 2.58. The molecule has 15 heavy (non-hydrogen) atoms. The Bertz CT molecular complexity index is 354. The molecule has 0 amide bonds. The van der Waals surface area contributed by atoms with E-state index in [1.165, 1.54) is 11.8 Å². The monoisotopic (exact) mass is 225 g/mol. The Hall–Kier alpha value is -1.06. The summed E-state index contributed by atoms with van der Waals surface area (Å²) in [4.78, 5) is 0. The smallest absolute Gasteiger partial charge is 0.192 e. The van der Waals surface area contributed by atoms with Crippen molar-refractivity contribution in [3.63, 3.8) is 0 Å². The zero-order valence-corrected chi connectivity index (χ0v) is 9.79. The second-order valence-corrected chi connectivity index (χ2v) is 4.28. The molecule has 5 nitrogen and oxygen atoms in total. The van der Waals surface area contributed by atoms with Crippen molar-refractivity contribution < 1.29 is 0 Å². The third-order valence-corrected chi connectivity index (χ3v) is 3.25. The van der Waals surface area contributed by atoms with Gasteiger partial charge in [0.25, 0.3) is 0 Å². The van der Waals surface area contributed by atoms with Gasteiger partial charge in [-0.25, -0.2) is 0 Å². The maximum atomic E-state index is 8.86. The van der Waals surface area contributed by atoms with Crippen LogP contribution in [0, 0.1) is 18.3 Å². The van der Waals surface area contributed by atoms with E-state index in [-0.39, 0.29) is 5.25 Å². The van der Waals surface area contributed by atoms with E-state index in [0.29, 0.717) is 13.1 Å². The SMILES string of the molecule is CCC(C#N)Sc1nnc(C)n1CCN. The molecule has 0 aliphatic rings. The quantitative estimate of drug-likeness (QED) is 0.754. The molecule has 1 aromatic heterocycles. The maximum Gasteiger partial charge on any atom is 0.192 e. The molecule has 0 saturated heterocycles. The van der Waals surface area contributed by atoms with Gasteiger partial charge in [-0.1, -0.05) is 18.7 Å². The van der Waals surface area contributed by atoms with Crippen LogP contribution in [-0.4, -0.2) is 26.6 Å². The Morgan fingerprint density at radius 2 is 2.33 bits per heavy atom. The molecule has 6 heteroatoms. The van der Waals surface area contributed by atoms with Crippen molar-refractivity contribution in [3.8, 4) is 6.07 Å². The third-order valence-electron chi connectivity index (χ3n) is 2.02. The van der Waals surface area contributed by atoms with Crippen LogP contribution in [0.2, 0.25) is 0 Å². The second kappa shape index (κ2) is 5.73. The van der Waals surface area contributed by atoms with Crippen molar-refractivity contribution in [3.05, 3.63) is 5.82 Å². The third kappa shape index (κ3) is 2.94. The summed E-state index contributed by atoms with van der Waals surface area (Å²) in [6.07, 6.45) is 0.801. The van der Waals surface area contributed by atoms with Gasteiger partial charge in [0.2, 0.25) is 0 Å². The lowest BCUT2D eigenvalue weighted by molar-refractivity contribution is 0.626. The van der Waals surface area contributed by atoms with Crippen LogP contribution in [0.25, 0.3) is 0 Å². The fourth-order valence-electron chi connectivity index (χ4n) is 1.16. The van der Waals surface area contributed by atoms with E-state index in [0.717, 1.165) is 17.4 Å². The van der Waals surface area contributed by atoms with Crippen LogP contribution in [0.5, 0.6) is 0 Å². The van der Waals surface area contributed by atoms with Gasteiger partial charge in [0, 0.05) is 13.1 Å². The predicted molar refractivity (Wildman–Crippen MR) is 59.4 cm³/mol. The number of thioether (sulfide) groups is 1. The summed E-state index contributed by atoms with van der Waals surface area (Å²) in [5.41, 5.74) is 5.50. The number of hydrogen-bond acceptors (Lipinski definition) is 5. The van der Waals surface area contributed by atoms with Crippen LogP contribution in [-0.2, 0) is 6.54 Å². The molecule has 82 valence electrons. The Morgan fingerprint density at radius 3 is 2.87 bits per heavy atom. The molecule has 0 aromatic carbocycles. The number of nitrogens with two attached hydrogens (primary N) is 1. The lowest BCUT2D eigenvalue weighted by Crippen LogP contribution is -2.13. The molecule has 0 radical (unpaired) electrons. The molecular weight excluding hydrogens is 210 g/mol. The highest BCUT2D eigenvalue weighted by Gasteiger charge is 2.14.